The molecule has 3 rings (SSSR count). The Bertz CT molecular complexity index is 703. The molecule has 120 valence electrons. The van der Waals surface area contributed by atoms with E-state index >= 15 is 0 Å². The second-order valence-corrected chi connectivity index (χ2v) is 7.15. The van der Waals surface area contributed by atoms with Crippen LogP contribution in [0.2, 0.25) is 0 Å². The average Bonchev–Trinajstić information content (AvgIpc) is 2.53. The van der Waals surface area contributed by atoms with Crippen molar-refractivity contribution in [2.24, 2.45) is 0 Å². The number of nitrogens with zero attached hydrogens (tertiary/aromatic N) is 1. The summed E-state index contributed by atoms with van der Waals surface area (Å²) in [5.41, 5.74) is 1.91. The van der Waals surface area contributed by atoms with E-state index in [4.69, 9.17) is 12.2 Å². The SMILES string of the molecule is CC1=C(C(=O)O)N2C(=O)C(NC(=S)Cc3ccccc3)[C@@H]2SC1. The van der Waals surface area contributed by atoms with E-state index in [0.717, 1.165) is 11.1 Å². The third-order valence-electron chi connectivity index (χ3n) is 3.89. The summed E-state index contributed by atoms with van der Waals surface area (Å²) in [4.78, 5) is 25.7. The molecule has 5 nitrogen and oxygen atoms in total. The molecule has 2 heterocycles. The highest BCUT2D eigenvalue weighted by atomic mass is 32.2. The van der Waals surface area contributed by atoms with Gasteiger partial charge in [0.05, 0.1) is 4.99 Å². The molecule has 1 amide bonds. The number of rotatable bonds is 4. The number of hydrogen-bond acceptors (Lipinski definition) is 4. The van der Waals surface area contributed by atoms with E-state index in [2.05, 4.69) is 5.32 Å². The predicted octanol–water partition coefficient (Wildman–Crippen LogP) is 1.79. The molecule has 1 unspecified atom stereocenters. The average molecular weight is 348 g/mol. The summed E-state index contributed by atoms with van der Waals surface area (Å²) in [6.07, 6.45) is 0.567. The topological polar surface area (TPSA) is 69.6 Å². The molecule has 0 bridgehead atoms. The van der Waals surface area contributed by atoms with Gasteiger partial charge < -0.3 is 10.4 Å². The molecule has 0 aromatic heterocycles. The number of carbonyl (C=O) groups is 2. The minimum Gasteiger partial charge on any atom is -0.477 e. The van der Waals surface area contributed by atoms with Crippen LogP contribution in [-0.4, -0.2) is 44.0 Å². The number of β-lactam (4-membered cyclic amide) rings is 1. The third kappa shape index (κ3) is 2.98. The van der Waals surface area contributed by atoms with Gasteiger partial charge in [0.15, 0.2) is 0 Å². The Morgan fingerprint density at radius 3 is 2.78 bits per heavy atom. The van der Waals surface area contributed by atoms with Crippen molar-refractivity contribution in [1.82, 2.24) is 10.2 Å². The van der Waals surface area contributed by atoms with Gasteiger partial charge in [-0.2, -0.15) is 0 Å². The second-order valence-electron chi connectivity index (χ2n) is 5.55. The van der Waals surface area contributed by atoms with Gasteiger partial charge in [-0.25, -0.2) is 4.79 Å². The Hall–Kier alpha value is -1.86. The summed E-state index contributed by atoms with van der Waals surface area (Å²) < 4.78 is 0. The number of fused-ring (bicyclic) bond motifs is 1. The van der Waals surface area contributed by atoms with Crippen LogP contribution in [0.15, 0.2) is 41.6 Å². The first-order valence-corrected chi connectivity index (χ1v) is 8.65. The van der Waals surface area contributed by atoms with Crippen LogP contribution in [-0.2, 0) is 16.0 Å². The largest absolute Gasteiger partial charge is 0.477 e. The van der Waals surface area contributed by atoms with Gasteiger partial charge in [0.2, 0.25) is 0 Å². The van der Waals surface area contributed by atoms with E-state index < -0.39 is 12.0 Å². The molecule has 0 aliphatic carbocycles. The Balaban J connectivity index is 1.67. The molecular weight excluding hydrogens is 332 g/mol. The lowest BCUT2D eigenvalue weighted by atomic mass is 10.0. The number of thioether (sulfide) groups is 1. The number of thiocarbonyl (C=S) groups is 1. The van der Waals surface area contributed by atoms with Crippen LogP contribution < -0.4 is 5.32 Å². The Morgan fingerprint density at radius 2 is 2.13 bits per heavy atom. The molecule has 1 fully saturated rings. The van der Waals surface area contributed by atoms with Crippen molar-refractivity contribution in [2.75, 3.05) is 5.75 Å². The molecule has 1 saturated heterocycles. The van der Waals surface area contributed by atoms with Gasteiger partial charge in [0.25, 0.3) is 5.91 Å². The van der Waals surface area contributed by atoms with Crippen molar-refractivity contribution in [3.05, 3.63) is 47.2 Å². The summed E-state index contributed by atoms with van der Waals surface area (Å²) in [7, 11) is 0. The van der Waals surface area contributed by atoms with Crippen molar-refractivity contribution in [3.63, 3.8) is 0 Å². The van der Waals surface area contributed by atoms with Crippen molar-refractivity contribution in [1.29, 1.82) is 0 Å². The molecule has 7 heteroatoms. The fourth-order valence-electron chi connectivity index (χ4n) is 2.78. The zero-order valence-corrected chi connectivity index (χ0v) is 14.1. The molecule has 0 spiro atoms. The fourth-order valence-corrected chi connectivity index (χ4v) is 4.37. The zero-order chi connectivity index (χ0) is 16.6. The summed E-state index contributed by atoms with van der Waals surface area (Å²) in [6.45, 7) is 1.75. The van der Waals surface area contributed by atoms with E-state index in [9.17, 15) is 14.7 Å². The zero-order valence-electron chi connectivity index (χ0n) is 12.5. The molecule has 0 saturated carbocycles. The lowest BCUT2D eigenvalue weighted by Gasteiger charge is -2.49. The minimum atomic E-state index is -1.05. The Kier molecular flexibility index (Phi) is 4.41. The highest BCUT2D eigenvalue weighted by molar-refractivity contribution is 8.00. The Morgan fingerprint density at radius 1 is 1.43 bits per heavy atom. The van der Waals surface area contributed by atoms with Crippen molar-refractivity contribution >= 4 is 40.8 Å². The van der Waals surface area contributed by atoms with Crippen LogP contribution in [0.5, 0.6) is 0 Å². The van der Waals surface area contributed by atoms with Crippen LogP contribution in [0.3, 0.4) is 0 Å². The molecule has 2 aliphatic rings. The number of aliphatic carboxylic acids is 1. The first-order valence-electron chi connectivity index (χ1n) is 7.20. The molecule has 1 aromatic carbocycles. The van der Waals surface area contributed by atoms with Gasteiger partial charge in [-0.1, -0.05) is 42.5 Å². The first-order chi connectivity index (χ1) is 11.0. The predicted molar refractivity (Wildman–Crippen MR) is 93.1 cm³/mol. The first kappa shape index (κ1) is 16.0. The van der Waals surface area contributed by atoms with Gasteiger partial charge in [-0.3, -0.25) is 9.69 Å². The number of carbonyl (C=O) groups excluding carboxylic acids is 1. The molecule has 2 atom stereocenters. The number of benzene rings is 1. The standard InChI is InChI=1S/C16H16N2O3S2/c1-9-8-23-15-12(14(19)18(15)13(9)16(20)21)17-11(22)7-10-5-3-2-4-6-10/h2-6,12,15H,7-8H2,1H3,(H,17,22)(H,20,21)/t12?,15-/m0/s1. The number of nitrogens with one attached hydrogen (secondary N) is 1. The van der Waals surface area contributed by atoms with E-state index in [1.54, 1.807) is 18.7 Å². The van der Waals surface area contributed by atoms with Crippen LogP contribution in [0, 0.1) is 0 Å². The van der Waals surface area contributed by atoms with Crippen LogP contribution in [0.1, 0.15) is 12.5 Å². The second kappa shape index (κ2) is 6.33. The van der Waals surface area contributed by atoms with Crippen molar-refractivity contribution < 1.29 is 14.7 Å². The monoisotopic (exact) mass is 348 g/mol. The summed E-state index contributed by atoms with van der Waals surface area (Å²) in [6, 6.07) is 9.34. The molecule has 2 N–H and O–H groups in total. The van der Waals surface area contributed by atoms with Crippen LogP contribution in [0.4, 0.5) is 0 Å². The Labute approximate surface area is 143 Å². The maximum absolute atomic E-state index is 12.3. The number of amides is 1. The molecule has 1 aromatic rings. The van der Waals surface area contributed by atoms with Gasteiger partial charge >= 0.3 is 5.97 Å². The number of hydrogen-bond donors (Lipinski definition) is 2. The van der Waals surface area contributed by atoms with Crippen molar-refractivity contribution in [3.8, 4) is 0 Å². The van der Waals surface area contributed by atoms with Gasteiger partial charge in [0, 0.05) is 12.2 Å². The van der Waals surface area contributed by atoms with E-state index in [1.807, 2.05) is 30.3 Å². The quantitative estimate of drug-likeness (QED) is 0.639. The van der Waals surface area contributed by atoms with E-state index in [1.165, 1.54) is 4.90 Å². The van der Waals surface area contributed by atoms with E-state index in [-0.39, 0.29) is 17.0 Å². The third-order valence-corrected chi connectivity index (χ3v) is 5.57. The maximum atomic E-state index is 12.3. The minimum absolute atomic E-state index is 0.116. The molecular formula is C16H16N2O3S2. The van der Waals surface area contributed by atoms with Gasteiger partial charge in [0.1, 0.15) is 17.1 Å². The lowest BCUT2D eigenvalue weighted by Crippen LogP contribution is -2.70. The highest BCUT2D eigenvalue weighted by Crippen LogP contribution is 2.40. The summed E-state index contributed by atoms with van der Waals surface area (Å²) in [5, 5.41) is 12.2. The van der Waals surface area contributed by atoms with Crippen LogP contribution >= 0.6 is 24.0 Å². The summed E-state index contributed by atoms with van der Waals surface area (Å²) in [5.74, 6) is -0.666. The smallest absolute Gasteiger partial charge is 0.352 e. The van der Waals surface area contributed by atoms with Gasteiger partial charge in [-0.15, -0.1) is 11.8 Å². The van der Waals surface area contributed by atoms with Crippen molar-refractivity contribution in [2.45, 2.75) is 24.8 Å². The maximum Gasteiger partial charge on any atom is 0.352 e. The van der Waals surface area contributed by atoms with Gasteiger partial charge in [-0.05, 0) is 18.1 Å². The van der Waals surface area contributed by atoms with Crippen LogP contribution in [0.25, 0.3) is 0 Å². The molecule has 2 aliphatic heterocycles. The summed E-state index contributed by atoms with van der Waals surface area (Å²) >= 11 is 6.91. The number of carboxylic acids is 1. The number of carboxylic acid groups (broad SMARTS) is 1. The highest BCUT2D eigenvalue weighted by Gasteiger charge is 2.53. The molecule has 23 heavy (non-hydrogen) atoms. The molecule has 0 radical (unpaired) electrons. The fraction of sp³-hybridized carbons (Fsp3) is 0.312. The lowest BCUT2D eigenvalue weighted by molar-refractivity contribution is -0.148. The van der Waals surface area contributed by atoms with E-state index in [0.29, 0.717) is 17.2 Å². The normalized spacial score (nSPS) is 23.2.